The molecule has 2 aromatic carbocycles. The van der Waals surface area contributed by atoms with Gasteiger partial charge in [-0.25, -0.2) is 9.37 Å². The number of carbonyl (C=O) groups is 1. The largest absolute Gasteiger partial charge is 0.355 e. The molecular weight excluding hydrogens is 291 g/mol. The van der Waals surface area contributed by atoms with Crippen LogP contribution in [-0.4, -0.2) is 17.9 Å². The van der Waals surface area contributed by atoms with Crippen molar-refractivity contribution in [1.29, 1.82) is 0 Å². The third-order valence-corrected chi connectivity index (χ3v) is 3.89. The minimum atomic E-state index is -0.415. The summed E-state index contributed by atoms with van der Waals surface area (Å²) in [5.41, 5.74) is 3.10. The second-order valence-corrected chi connectivity index (χ2v) is 5.24. The average Bonchev–Trinajstić information content (AvgIpc) is 2.60. The van der Waals surface area contributed by atoms with E-state index < -0.39 is 5.82 Å². The highest BCUT2D eigenvalue weighted by Crippen LogP contribution is 2.33. The summed E-state index contributed by atoms with van der Waals surface area (Å²) in [6, 6.07) is 14.3. The summed E-state index contributed by atoms with van der Waals surface area (Å²) in [6.07, 6.45) is 0.610. The molecule has 0 bridgehead atoms. The first-order valence-electron chi connectivity index (χ1n) is 7.56. The number of carbonyl (C=O) groups excluding carboxylic acids is 1. The summed E-state index contributed by atoms with van der Waals surface area (Å²) >= 11 is 0. The van der Waals surface area contributed by atoms with Crippen molar-refractivity contribution in [3.63, 3.8) is 0 Å². The molecule has 1 heterocycles. The monoisotopic (exact) mass is 308 g/mol. The Labute approximate surface area is 134 Å². The molecule has 0 aliphatic carbocycles. The Morgan fingerprint density at radius 3 is 2.52 bits per heavy atom. The van der Waals surface area contributed by atoms with Gasteiger partial charge in [0.1, 0.15) is 11.3 Å². The summed E-state index contributed by atoms with van der Waals surface area (Å²) in [4.78, 5) is 17.0. The lowest BCUT2D eigenvalue weighted by molar-refractivity contribution is 0.0965. The van der Waals surface area contributed by atoms with E-state index >= 15 is 0 Å². The van der Waals surface area contributed by atoms with E-state index in [1.807, 2.05) is 37.3 Å². The van der Waals surface area contributed by atoms with Crippen molar-refractivity contribution < 1.29 is 9.18 Å². The maximum absolute atomic E-state index is 14.2. The van der Waals surface area contributed by atoms with Crippen molar-refractivity contribution in [2.75, 3.05) is 7.05 Å². The lowest BCUT2D eigenvalue weighted by Gasteiger charge is -2.16. The molecule has 23 heavy (non-hydrogen) atoms. The number of halogens is 1. The molecule has 1 N–H and O–H groups in total. The quantitative estimate of drug-likeness (QED) is 0.795. The smallest absolute Gasteiger partial charge is 0.252 e. The summed E-state index contributed by atoms with van der Waals surface area (Å²) in [5, 5.41) is 3.19. The first kappa shape index (κ1) is 15.2. The fraction of sp³-hybridized carbons (Fsp3) is 0.158. The van der Waals surface area contributed by atoms with Gasteiger partial charge >= 0.3 is 0 Å². The molecule has 1 amide bonds. The van der Waals surface area contributed by atoms with Crippen molar-refractivity contribution in [3.05, 3.63) is 65.6 Å². The van der Waals surface area contributed by atoms with Gasteiger partial charge in [-0.1, -0.05) is 49.4 Å². The van der Waals surface area contributed by atoms with E-state index in [0.29, 0.717) is 23.1 Å². The van der Waals surface area contributed by atoms with E-state index in [9.17, 15) is 9.18 Å². The van der Waals surface area contributed by atoms with Gasteiger partial charge in [-0.05, 0) is 18.1 Å². The summed E-state index contributed by atoms with van der Waals surface area (Å²) < 4.78 is 14.2. The fourth-order valence-electron chi connectivity index (χ4n) is 2.83. The van der Waals surface area contributed by atoms with Crippen LogP contribution in [0.1, 0.15) is 23.0 Å². The van der Waals surface area contributed by atoms with Gasteiger partial charge in [0.25, 0.3) is 5.91 Å². The molecule has 0 aliphatic rings. The molecule has 3 aromatic rings. The van der Waals surface area contributed by atoms with Crippen molar-refractivity contribution in [2.45, 2.75) is 13.3 Å². The Morgan fingerprint density at radius 1 is 1.13 bits per heavy atom. The number of nitrogens with one attached hydrogen (secondary N) is 1. The van der Waals surface area contributed by atoms with E-state index in [4.69, 9.17) is 0 Å². The number of nitrogens with zero attached hydrogens (tertiary/aromatic N) is 1. The molecule has 3 rings (SSSR count). The Bertz CT molecular complexity index is 875. The van der Waals surface area contributed by atoms with Crippen molar-refractivity contribution in [3.8, 4) is 11.1 Å². The SMILES string of the molecule is CCc1nc2c(F)cccc2c(C(=O)NC)c1-c1ccccc1. The number of aromatic nitrogens is 1. The number of hydrogen-bond acceptors (Lipinski definition) is 2. The number of fused-ring (bicyclic) bond motifs is 1. The number of pyridine rings is 1. The van der Waals surface area contributed by atoms with Crippen LogP contribution in [-0.2, 0) is 6.42 Å². The highest BCUT2D eigenvalue weighted by Gasteiger charge is 2.21. The normalized spacial score (nSPS) is 10.7. The van der Waals surface area contributed by atoms with Crippen molar-refractivity contribution in [1.82, 2.24) is 10.3 Å². The first-order chi connectivity index (χ1) is 11.2. The number of amides is 1. The number of aryl methyl sites for hydroxylation is 1. The highest BCUT2D eigenvalue weighted by atomic mass is 19.1. The van der Waals surface area contributed by atoms with Gasteiger partial charge in [-0.15, -0.1) is 0 Å². The molecule has 0 saturated heterocycles. The van der Waals surface area contributed by atoms with Crippen LogP contribution in [0.2, 0.25) is 0 Å². The Kier molecular flexibility index (Phi) is 4.06. The fourth-order valence-corrected chi connectivity index (χ4v) is 2.83. The van der Waals surface area contributed by atoms with Gasteiger partial charge in [-0.3, -0.25) is 4.79 Å². The summed E-state index contributed by atoms with van der Waals surface area (Å²) in [7, 11) is 1.58. The first-order valence-corrected chi connectivity index (χ1v) is 7.56. The molecule has 4 heteroatoms. The third-order valence-electron chi connectivity index (χ3n) is 3.89. The molecule has 1 aromatic heterocycles. The van der Waals surface area contributed by atoms with E-state index in [0.717, 1.165) is 11.1 Å². The number of benzene rings is 2. The standard InChI is InChI=1S/C19H17FN2O/c1-3-15-16(12-8-5-4-6-9-12)17(19(23)21-2)13-10-7-11-14(20)18(13)22-15/h4-11H,3H2,1-2H3,(H,21,23). The lowest BCUT2D eigenvalue weighted by Crippen LogP contribution is -2.20. The van der Waals surface area contributed by atoms with Gasteiger partial charge in [0.15, 0.2) is 0 Å². The molecule has 0 aliphatic heterocycles. The van der Waals surface area contributed by atoms with Crippen LogP contribution in [0.15, 0.2) is 48.5 Å². The minimum Gasteiger partial charge on any atom is -0.355 e. The predicted molar refractivity (Wildman–Crippen MR) is 89.9 cm³/mol. The molecule has 116 valence electrons. The minimum absolute atomic E-state index is 0.239. The van der Waals surface area contributed by atoms with Gasteiger partial charge < -0.3 is 5.32 Å². The Hall–Kier alpha value is -2.75. The van der Waals surface area contributed by atoms with E-state index in [1.165, 1.54) is 6.07 Å². The Balaban J connectivity index is 2.48. The zero-order valence-corrected chi connectivity index (χ0v) is 13.1. The van der Waals surface area contributed by atoms with Crippen LogP contribution in [0.4, 0.5) is 4.39 Å². The summed E-state index contributed by atoms with van der Waals surface area (Å²) in [6.45, 7) is 1.95. The topological polar surface area (TPSA) is 42.0 Å². The number of hydrogen-bond donors (Lipinski definition) is 1. The molecule has 0 radical (unpaired) electrons. The molecule has 0 unspecified atom stereocenters. The number of para-hydroxylation sites is 1. The van der Waals surface area contributed by atoms with Crippen LogP contribution >= 0.6 is 0 Å². The van der Waals surface area contributed by atoms with Gasteiger partial charge in [0.05, 0.1) is 5.56 Å². The lowest BCUT2D eigenvalue weighted by atomic mass is 9.93. The van der Waals surface area contributed by atoms with E-state index in [1.54, 1.807) is 19.2 Å². The summed E-state index contributed by atoms with van der Waals surface area (Å²) in [5.74, 6) is -0.654. The van der Waals surface area contributed by atoms with Crippen LogP contribution in [0, 0.1) is 5.82 Å². The molecule has 3 nitrogen and oxygen atoms in total. The molecule has 0 saturated carbocycles. The average molecular weight is 308 g/mol. The third kappa shape index (κ3) is 2.57. The van der Waals surface area contributed by atoms with Gasteiger partial charge in [-0.2, -0.15) is 0 Å². The molecule has 0 atom stereocenters. The molecular formula is C19H17FN2O. The maximum atomic E-state index is 14.2. The van der Waals surface area contributed by atoms with Gasteiger partial charge in [0, 0.05) is 23.7 Å². The zero-order valence-electron chi connectivity index (χ0n) is 13.1. The number of rotatable bonds is 3. The van der Waals surface area contributed by atoms with Crippen LogP contribution < -0.4 is 5.32 Å². The predicted octanol–water partition coefficient (Wildman–Crippen LogP) is 3.96. The Morgan fingerprint density at radius 2 is 1.87 bits per heavy atom. The highest BCUT2D eigenvalue weighted by molar-refractivity contribution is 6.12. The van der Waals surface area contributed by atoms with Crippen molar-refractivity contribution >= 4 is 16.8 Å². The second kappa shape index (κ2) is 6.16. The van der Waals surface area contributed by atoms with Crippen molar-refractivity contribution in [2.24, 2.45) is 0 Å². The van der Waals surface area contributed by atoms with Crippen LogP contribution in [0.3, 0.4) is 0 Å². The molecule has 0 fully saturated rings. The van der Waals surface area contributed by atoms with Crippen LogP contribution in [0.5, 0.6) is 0 Å². The molecule has 0 spiro atoms. The second-order valence-electron chi connectivity index (χ2n) is 5.24. The van der Waals surface area contributed by atoms with Gasteiger partial charge in [0.2, 0.25) is 0 Å². The zero-order chi connectivity index (χ0) is 16.4. The maximum Gasteiger partial charge on any atom is 0.252 e. The van der Waals surface area contributed by atoms with E-state index in [2.05, 4.69) is 10.3 Å². The van der Waals surface area contributed by atoms with E-state index in [-0.39, 0.29) is 11.4 Å². The van der Waals surface area contributed by atoms with Crippen LogP contribution in [0.25, 0.3) is 22.0 Å².